The smallest absolute Gasteiger partial charge is 0.339 e. The van der Waals surface area contributed by atoms with Crippen molar-refractivity contribution >= 4 is 33.7 Å². The average Bonchev–Trinajstić information content (AvgIpc) is 3.25. The zero-order chi connectivity index (χ0) is 25.4. The molecule has 186 valence electrons. The van der Waals surface area contributed by atoms with Crippen LogP contribution in [-0.2, 0) is 28.9 Å². The van der Waals surface area contributed by atoms with Gasteiger partial charge in [-0.05, 0) is 74.1 Å². The van der Waals surface area contributed by atoms with Crippen molar-refractivity contribution in [3.05, 3.63) is 69.2 Å². The van der Waals surface area contributed by atoms with Gasteiger partial charge in [-0.1, -0.05) is 0 Å². The molecule has 1 atom stereocenters. The molecule has 0 aliphatic heterocycles. The summed E-state index contributed by atoms with van der Waals surface area (Å²) in [7, 11) is 0. The highest BCUT2D eigenvalue weighted by Gasteiger charge is 2.21. The van der Waals surface area contributed by atoms with E-state index in [1.807, 2.05) is 6.07 Å². The third-order valence-corrected chi connectivity index (χ3v) is 6.74. The number of nitrogens with one attached hydrogen (secondary N) is 2. The van der Waals surface area contributed by atoms with E-state index in [4.69, 9.17) is 9.15 Å². The summed E-state index contributed by atoms with van der Waals surface area (Å²) in [5.41, 5.74) is 3.80. The third kappa shape index (κ3) is 4.39. The van der Waals surface area contributed by atoms with Gasteiger partial charge in [0.05, 0.1) is 12.0 Å². The molecule has 1 aliphatic rings. The molecule has 3 N–H and O–H groups in total. The van der Waals surface area contributed by atoms with Crippen LogP contribution in [0.2, 0.25) is 0 Å². The molecule has 2 aromatic heterocycles. The highest BCUT2D eigenvalue weighted by atomic mass is 16.5. The fourth-order valence-electron chi connectivity index (χ4n) is 4.91. The van der Waals surface area contributed by atoms with Gasteiger partial charge in [-0.3, -0.25) is 4.79 Å². The minimum Gasteiger partial charge on any atom is -0.548 e. The Labute approximate surface area is 205 Å². The summed E-state index contributed by atoms with van der Waals surface area (Å²) in [6.45, 7) is 1.32. The van der Waals surface area contributed by atoms with Crippen LogP contribution in [0.15, 0.2) is 45.7 Å². The molecule has 0 spiro atoms. The summed E-state index contributed by atoms with van der Waals surface area (Å²) in [6.07, 6.45) is 5.11. The molecule has 0 fully saturated rings. The van der Waals surface area contributed by atoms with Crippen molar-refractivity contribution in [2.24, 2.45) is 0 Å². The first-order valence-corrected chi connectivity index (χ1v) is 11.8. The number of aromatic hydroxyl groups is 1. The molecule has 9 heteroatoms. The number of benzene rings is 2. The first-order valence-electron chi connectivity index (χ1n) is 11.8. The predicted octanol–water partition coefficient (Wildman–Crippen LogP) is 2.02. The van der Waals surface area contributed by atoms with Crippen LogP contribution in [0.5, 0.6) is 11.5 Å². The molecule has 36 heavy (non-hydrogen) atoms. The van der Waals surface area contributed by atoms with Crippen molar-refractivity contribution in [2.45, 2.75) is 45.1 Å². The van der Waals surface area contributed by atoms with Gasteiger partial charge in [-0.25, -0.2) is 4.79 Å². The SMILES string of the molecule is Cc1c(OCC(=O)N[C@@H](Cc2c[nH]c3ccc(O)cc23)C(=O)[O-])ccc2c3c(c(=O)oc12)CCCC3. The van der Waals surface area contributed by atoms with E-state index in [2.05, 4.69) is 10.3 Å². The van der Waals surface area contributed by atoms with Gasteiger partial charge in [-0.15, -0.1) is 0 Å². The minimum atomic E-state index is -1.44. The molecule has 4 aromatic rings. The Morgan fingerprint density at radius 2 is 1.94 bits per heavy atom. The number of aromatic amines is 1. The van der Waals surface area contributed by atoms with Crippen molar-refractivity contribution in [3.63, 3.8) is 0 Å². The Kier molecular flexibility index (Phi) is 6.13. The lowest BCUT2D eigenvalue weighted by Crippen LogP contribution is -2.50. The number of aliphatic carboxylic acids is 1. The summed E-state index contributed by atoms with van der Waals surface area (Å²) in [5.74, 6) is -1.66. The molecule has 9 nitrogen and oxygen atoms in total. The largest absolute Gasteiger partial charge is 0.548 e. The van der Waals surface area contributed by atoms with Gasteiger partial charge in [-0.2, -0.15) is 0 Å². The van der Waals surface area contributed by atoms with Crippen LogP contribution < -0.4 is 20.8 Å². The fraction of sp³-hybridized carbons (Fsp3) is 0.296. The van der Waals surface area contributed by atoms with E-state index in [-0.39, 0.29) is 17.8 Å². The van der Waals surface area contributed by atoms with Crippen molar-refractivity contribution in [3.8, 4) is 11.5 Å². The second-order valence-electron chi connectivity index (χ2n) is 9.09. The maximum atomic E-state index is 12.5. The summed E-state index contributed by atoms with van der Waals surface area (Å²) in [5, 5.41) is 25.4. The minimum absolute atomic E-state index is 0.0389. The summed E-state index contributed by atoms with van der Waals surface area (Å²) in [6, 6.07) is 6.99. The van der Waals surface area contributed by atoms with Gasteiger partial charge in [0.25, 0.3) is 5.91 Å². The zero-order valence-electron chi connectivity index (χ0n) is 19.7. The maximum Gasteiger partial charge on any atom is 0.339 e. The highest BCUT2D eigenvalue weighted by molar-refractivity contribution is 5.88. The van der Waals surface area contributed by atoms with Gasteiger partial charge in [0.1, 0.15) is 17.1 Å². The lowest BCUT2D eigenvalue weighted by atomic mass is 9.90. The molecular weight excluding hydrogens is 464 g/mol. The number of fused-ring (bicyclic) bond motifs is 4. The predicted molar refractivity (Wildman–Crippen MR) is 130 cm³/mol. The number of aryl methyl sites for hydroxylation is 2. The molecule has 2 heterocycles. The van der Waals surface area contributed by atoms with Gasteiger partial charge in [0.2, 0.25) is 0 Å². The number of carboxylic acid groups (broad SMARTS) is 1. The first kappa shape index (κ1) is 23.5. The van der Waals surface area contributed by atoms with Crippen molar-refractivity contribution in [1.29, 1.82) is 0 Å². The molecule has 1 amide bonds. The van der Waals surface area contributed by atoms with Crippen LogP contribution in [0.4, 0.5) is 0 Å². The molecular formula is C27H25N2O7-. The number of ether oxygens (including phenoxy) is 1. The molecule has 0 radical (unpaired) electrons. The molecule has 0 unspecified atom stereocenters. The summed E-state index contributed by atoms with van der Waals surface area (Å²) >= 11 is 0. The number of carbonyl (C=O) groups excluding carboxylic acids is 2. The van der Waals surface area contributed by atoms with Gasteiger partial charge in [0, 0.05) is 40.0 Å². The maximum absolute atomic E-state index is 12.5. The Morgan fingerprint density at radius 3 is 2.72 bits per heavy atom. The molecule has 0 saturated carbocycles. The number of aromatic nitrogens is 1. The number of H-pyrrole nitrogens is 1. The Bertz CT molecular complexity index is 1550. The van der Waals surface area contributed by atoms with E-state index < -0.39 is 24.5 Å². The lowest BCUT2D eigenvalue weighted by Gasteiger charge is -2.20. The number of rotatable bonds is 7. The van der Waals surface area contributed by atoms with Gasteiger partial charge < -0.3 is 34.5 Å². The van der Waals surface area contributed by atoms with E-state index in [0.29, 0.717) is 34.3 Å². The van der Waals surface area contributed by atoms with E-state index in [9.17, 15) is 24.6 Å². The molecule has 5 rings (SSSR count). The summed E-state index contributed by atoms with van der Waals surface area (Å²) in [4.78, 5) is 39.8. The average molecular weight is 490 g/mol. The van der Waals surface area contributed by atoms with Gasteiger partial charge >= 0.3 is 5.63 Å². The Morgan fingerprint density at radius 1 is 1.17 bits per heavy atom. The highest BCUT2D eigenvalue weighted by Crippen LogP contribution is 2.32. The number of amides is 1. The molecule has 1 aliphatic carbocycles. The second kappa shape index (κ2) is 9.41. The van der Waals surface area contributed by atoms with Crippen molar-refractivity contribution in [2.75, 3.05) is 6.61 Å². The van der Waals surface area contributed by atoms with Gasteiger partial charge in [0.15, 0.2) is 6.61 Å². The normalized spacial score (nSPS) is 13.9. The Hall–Kier alpha value is -4.27. The van der Waals surface area contributed by atoms with Crippen molar-refractivity contribution < 1.29 is 29.0 Å². The van der Waals surface area contributed by atoms with E-state index in [0.717, 1.165) is 41.3 Å². The van der Waals surface area contributed by atoms with Crippen LogP contribution in [-0.4, -0.2) is 34.6 Å². The Balaban J connectivity index is 1.30. The third-order valence-electron chi connectivity index (χ3n) is 6.74. The van der Waals surface area contributed by atoms with Crippen molar-refractivity contribution in [1.82, 2.24) is 10.3 Å². The number of phenols is 1. The quantitative estimate of drug-likeness (QED) is 0.337. The molecule has 2 aromatic carbocycles. The zero-order valence-corrected chi connectivity index (χ0v) is 19.7. The van der Waals surface area contributed by atoms with Crippen LogP contribution in [0, 0.1) is 6.92 Å². The summed E-state index contributed by atoms with van der Waals surface area (Å²) < 4.78 is 11.3. The van der Waals surface area contributed by atoms with Crippen LogP contribution in [0.3, 0.4) is 0 Å². The monoisotopic (exact) mass is 489 g/mol. The standard InChI is InChI=1S/C27H26N2O7/c1-14-23(9-7-18-17-4-2-3-5-19(17)27(34)36-25(14)18)35-13-24(31)29-22(26(32)33)10-15-12-28-21-8-6-16(30)11-20(15)21/h6-9,11-12,22,28,30H,2-5,10,13H2,1H3,(H,29,31)(H,32,33)/p-1/t22-/m0/s1. The number of hydrogen-bond acceptors (Lipinski definition) is 7. The lowest BCUT2D eigenvalue weighted by molar-refractivity contribution is -0.308. The van der Waals surface area contributed by atoms with Crippen LogP contribution in [0.25, 0.3) is 21.9 Å². The van der Waals surface area contributed by atoms with E-state index in [1.165, 1.54) is 12.1 Å². The topological polar surface area (TPSA) is 145 Å². The number of carbonyl (C=O) groups is 2. The molecule has 0 bridgehead atoms. The number of hydrogen-bond donors (Lipinski definition) is 3. The van der Waals surface area contributed by atoms with E-state index >= 15 is 0 Å². The number of carboxylic acids is 1. The molecule has 0 saturated heterocycles. The van der Waals surface area contributed by atoms with Crippen LogP contribution in [0.1, 0.15) is 35.1 Å². The first-order chi connectivity index (χ1) is 17.3. The van der Waals surface area contributed by atoms with Crippen LogP contribution >= 0.6 is 0 Å². The number of phenolic OH excluding ortho intramolecular Hbond substituents is 1. The van der Waals surface area contributed by atoms with E-state index in [1.54, 1.807) is 25.3 Å². The second-order valence-corrected chi connectivity index (χ2v) is 9.09. The fourth-order valence-corrected chi connectivity index (χ4v) is 4.91.